The Morgan fingerprint density at radius 3 is 1.94 bits per heavy atom. The summed E-state index contributed by atoms with van der Waals surface area (Å²) in [4.78, 5) is 11.1. The number of carbonyl (C=O) groups excluding carboxylic acids is 1. The molecule has 102 valence electrons. The van der Waals surface area contributed by atoms with Crippen molar-refractivity contribution < 1.29 is 37.2 Å². The minimum absolute atomic E-state index is 0.299. The summed E-state index contributed by atoms with van der Waals surface area (Å²) in [6.45, 7) is -5.89. The highest BCUT2D eigenvalue weighted by molar-refractivity contribution is 5.64. The minimum Gasteiger partial charge on any atom is -0.390 e. The minimum atomic E-state index is -3.21. The quantitative estimate of drug-likeness (QED) is 0.384. The third-order valence-corrected chi connectivity index (χ3v) is 2.86. The third kappa shape index (κ3) is 2.23. The van der Waals surface area contributed by atoms with Gasteiger partial charge in [0.2, 0.25) is 0 Å². The van der Waals surface area contributed by atoms with Crippen LogP contribution < -0.4 is 0 Å². The van der Waals surface area contributed by atoms with Gasteiger partial charge in [-0.15, -0.1) is 0 Å². The zero-order chi connectivity index (χ0) is 17.8. The largest absolute Gasteiger partial charge is 0.390 e. The zero-order valence-electron chi connectivity index (χ0n) is 14.3. The second kappa shape index (κ2) is 4.29. The number of aldehydes is 1. The molecule has 6 nitrogen and oxygen atoms in total. The molecule has 6 heteroatoms. The van der Waals surface area contributed by atoms with Gasteiger partial charge in [0.15, 0.2) is 6.29 Å². The van der Waals surface area contributed by atoms with Crippen LogP contribution in [-0.4, -0.2) is 60.3 Å². The Kier molecular flexibility index (Phi) is 2.38. The van der Waals surface area contributed by atoms with Crippen LogP contribution >= 0.6 is 0 Å². The molecular weight excluding hydrogens is 228 g/mol. The summed E-state index contributed by atoms with van der Waals surface area (Å²) in [6.07, 6.45) is -2.40. The summed E-state index contributed by atoms with van der Waals surface area (Å²) in [6, 6.07) is 0. The maximum Gasteiger partial charge on any atom is 0.154 e. The van der Waals surface area contributed by atoms with Crippen molar-refractivity contribution in [1.82, 2.24) is 0 Å². The molecule has 0 aliphatic rings. The van der Waals surface area contributed by atoms with Crippen molar-refractivity contribution in [2.45, 2.75) is 63.0 Å². The molecule has 0 radical (unpaired) electrons. The van der Waals surface area contributed by atoms with Crippen LogP contribution in [0.3, 0.4) is 0 Å². The van der Waals surface area contributed by atoms with Gasteiger partial charge in [-0.2, -0.15) is 0 Å². The average Bonchev–Trinajstić information content (AvgIpc) is 2.57. The Morgan fingerprint density at radius 2 is 1.65 bits per heavy atom. The Balaban J connectivity index is 6.43. The summed E-state index contributed by atoms with van der Waals surface area (Å²) >= 11 is 0. The van der Waals surface area contributed by atoms with Crippen molar-refractivity contribution >= 4 is 6.29 Å². The van der Waals surface area contributed by atoms with Crippen molar-refractivity contribution in [2.75, 3.05) is 0 Å². The van der Waals surface area contributed by atoms with Gasteiger partial charge in [0.05, 0.1) is 6.10 Å². The highest BCUT2D eigenvalue weighted by atomic mass is 16.4. The van der Waals surface area contributed by atoms with Gasteiger partial charge >= 0.3 is 0 Å². The van der Waals surface area contributed by atoms with Crippen molar-refractivity contribution in [2.24, 2.45) is 0 Å². The molecule has 0 heterocycles. The van der Waals surface area contributed by atoms with Crippen LogP contribution in [0.15, 0.2) is 0 Å². The summed E-state index contributed by atoms with van der Waals surface area (Å²) in [7, 11) is 0. The summed E-state index contributed by atoms with van der Waals surface area (Å²) in [5, 5.41) is 51.2. The van der Waals surface area contributed by atoms with Crippen molar-refractivity contribution in [3.05, 3.63) is 0 Å². The van der Waals surface area contributed by atoms with Crippen molar-refractivity contribution in [3.8, 4) is 0 Å². The molecule has 0 rings (SSSR count). The van der Waals surface area contributed by atoms with E-state index in [1.165, 1.54) is 0 Å². The SMILES string of the molecule is [2H]CC(O)[C@](O)(C[2H])[C@](O)(C[2H])[C@@](O)(C[2H])[C@](O)(C=O)C[2H]. The summed E-state index contributed by atoms with van der Waals surface area (Å²) in [5.41, 5.74) is -12.4. The monoisotopic (exact) mass is 255 g/mol. The molecule has 1 unspecified atom stereocenters. The number of aliphatic hydroxyl groups is 5. The van der Waals surface area contributed by atoms with E-state index < -0.39 is 63.0 Å². The fourth-order valence-corrected chi connectivity index (χ4v) is 1.09. The van der Waals surface area contributed by atoms with E-state index in [1.807, 2.05) is 0 Å². The molecule has 0 aliphatic carbocycles. The lowest BCUT2D eigenvalue weighted by atomic mass is 9.65. The molecule has 5 atom stereocenters. The molecule has 0 fully saturated rings. The van der Waals surface area contributed by atoms with Crippen LogP contribution in [-0.2, 0) is 4.79 Å². The normalized spacial score (nSPS) is 31.9. The first-order valence-electron chi connectivity index (χ1n) is 8.07. The first-order valence-corrected chi connectivity index (χ1v) is 4.54. The topological polar surface area (TPSA) is 118 Å². The smallest absolute Gasteiger partial charge is 0.154 e. The lowest BCUT2D eigenvalue weighted by Crippen LogP contribution is -2.74. The van der Waals surface area contributed by atoms with E-state index in [-0.39, 0.29) is 6.29 Å². The molecule has 0 spiro atoms. The standard InChI is InChI=1S/C11H22O6/c1-7(13)9(3,15)11(5,17)10(4,16)8(2,14)6-12/h6-7,13-17H,1-5H3/t7?,8-,9-,10-,11-/m1/s1/i1D,2D,3D,4D,5D. The fraction of sp³-hybridized carbons (Fsp3) is 0.909. The maximum absolute atomic E-state index is 11.1. The summed E-state index contributed by atoms with van der Waals surface area (Å²) < 4.78 is 36.2. The van der Waals surface area contributed by atoms with Crippen LogP contribution in [0.25, 0.3) is 0 Å². The van der Waals surface area contributed by atoms with E-state index in [1.54, 1.807) is 0 Å². The molecule has 17 heavy (non-hydrogen) atoms. The highest BCUT2D eigenvalue weighted by Gasteiger charge is 2.63. The van der Waals surface area contributed by atoms with E-state index in [2.05, 4.69) is 0 Å². The van der Waals surface area contributed by atoms with Gasteiger partial charge in [-0.05, 0) is 34.5 Å². The highest BCUT2D eigenvalue weighted by Crippen LogP contribution is 2.40. The van der Waals surface area contributed by atoms with E-state index in [0.717, 1.165) is 0 Å². The van der Waals surface area contributed by atoms with Gasteiger partial charge in [0.25, 0.3) is 0 Å². The van der Waals surface area contributed by atoms with E-state index in [9.17, 15) is 30.3 Å². The predicted octanol–water partition coefficient (Wildman–Crippen LogP) is -1.43. The Labute approximate surface area is 108 Å². The van der Waals surface area contributed by atoms with Crippen LogP contribution in [0.1, 0.15) is 41.4 Å². The maximum atomic E-state index is 11.1. The van der Waals surface area contributed by atoms with Crippen molar-refractivity contribution in [3.63, 3.8) is 0 Å². The van der Waals surface area contributed by atoms with Crippen molar-refractivity contribution in [1.29, 1.82) is 0 Å². The number of hydrogen-bond acceptors (Lipinski definition) is 6. The Bertz CT molecular complexity index is 390. The first-order chi connectivity index (χ1) is 10.0. The molecule has 0 aromatic heterocycles. The van der Waals surface area contributed by atoms with Gasteiger partial charge in [-0.1, -0.05) is 0 Å². The van der Waals surface area contributed by atoms with Crippen LogP contribution in [0.2, 0.25) is 0 Å². The van der Waals surface area contributed by atoms with Gasteiger partial charge in [-0.3, -0.25) is 0 Å². The van der Waals surface area contributed by atoms with E-state index in [4.69, 9.17) is 6.85 Å². The molecule has 0 aliphatic heterocycles. The Hall–Kier alpha value is -0.530. The molecule has 0 amide bonds. The molecule has 5 N–H and O–H groups in total. The van der Waals surface area contributed by atoms with Crippen LogP contribution in [0.4, 0.5) is 0 Å². The second-order valence-electron chi connectivity index (χ2n) is 4.20. The Morgan fingerprint density at radius 1 is 1.06 bits per heavy atom. The van der Waals surface area contributed by atoms with Crippen LogP contribution in [0, 0.1) is 0 Å². The first kappa shape index (κ1) is 9.41. The van der Waals surface area contributed by atoms with Gasteiger partial charge in [-0.25, -0.2) is 0 Å². The van der Waals surface area contributed by atoms with Gasteiger partial charge in [0.1, 0.15) is 22.4 Å². The van der Waals surface area contributed by atoms with Gasteiger partial charge < -0.3 is 30.3 Å². The molecular formula is C11H22O6. The number of aliphatic hydroxyl groups excluding tert-OH is 1. The molecule has 0 saturated heterocycles. The molecule has 0 saturated carbocycles. The summed E-state index contributed by atoms with van der Waals surface area (Å²) in [5.74, 6) is 0. The third-order valence-electron chi connectivity index (χ3n) is 2.86. The number of carbonyl (C=O) groups is 1. The predicted molar refractivity (Wildman–Crippen MR) is 60.2 cm³/mol. The lowest BCUT2D eigenvalue weighted by Gasteiger charge is -2.52. The second-order valence-corrected chi connectivity index (χ2v) is 4.20. The molecule has 0 bridgehead atoms. The molecule has 0 aromatic carbocycles. The number of hydrogen-bond donors (Lipinski definition) is 5. The number of rotatable bonds is 5. The fourth-order valence-electron chi connectivity index (χ4n) is 1.09. The van der Waals surface area contributed by atoms with Gasteiger partial charge in [0, 0.05) is 6.85 Å². The molecule has 0 aromatic rings. The van der Waals surface area contributed by atoms with E-state index >= 15 is 0 Å². The van der Waals surface area contributed by atoms with Crippen LogP contribution in [0.5, 0.6) is 0 Å². The zero-order valence-corrected chi connectivity index (χ0v) is 9.33. The average molecular weight is 255 g/mol. The van der Waals surface area contributed by atoms with E-state index in [0.29, 0.717) is 0 Å². The lowest BCUT2D eigenvalue weighted by molar-refractivity contribution is -0.286.